The molecule has 5 heteroatoms. The third kappa shape index (κ3) is 3.00. The van der Waals surface area contributed by atoms with E-state index in [0.29, 0.717) is 11.3 Å². The average Bonchev–Trinajstić information content (AvgIpc) is 2.44. The molecule has 0 aliphatic rings. The number of thiocarbonyl (C=S) groups is 1. The average molecular weight is 285 g/mol. The third-order valence-corrected chi connectivity index (χ3v) is 3.37. The molecule has 0 spiro atoms. The summed E-state index contributed by atoms with van der Waals surface area (Å²) in [6, 6.07) is 9.06. The van der Waals surface area contributed by atoms with Gasteiger partial charge >= 0.3 is 0 Å². The zero-order valence-electron chi connectivity index (χ0n) is 11.3. The van der Waals surface area contributed by atoms with Crippen LogP contribution in [0.25, 0.3) is 0 Å². The summed E-state index contributed by atoms with van der Waals surface area (Å²) >= 11 is 4.84. The molecule has 0 bridgehead atoms. The molecule has 20 heavy (non-hydrogen) atoms. The van der Waals surface area contributed by atoms with E-state index in [9.17, 15) is 4.79 Å². The number of rotatable bonds is 3. The zero-order chi connectivity index (χ0) is 14.7. The number of amides is 1. The van der Waals surface area contributed by atoms with Crippen LogP contribution >= 0.6 is 12.2 Å². The van der Waals surface area contributed by atoms with Gasteiger partial charge in [0.2, 0.25) is 0 Å². The smallest absolute Gasteiger partial charge is 0.274 e. The van der Waals surface area contributed by atoms with Crippen molar-refractivity contribution in [3.05, 3.63) is 58.9 Å². The van der Waals surface area contributed by atoms with Gasteiger partial charge in [0.05, 0.1) is 0 Å². The van der Waals surface area contributed by atoms with E-state index in [1.54, 1.807) is 12.1 Å². The van der Waals surface area contributed by atoms with E-state index in [2.05, 4.69) is 10.3 Å². The maximum atomic E-state index is 12.1. The highest BCUT2D eigenvalue weighted by Gasteiger charge is 2.10. The van der Waals surface area contributed by atoms with E-state index in [1.807, 2.05) is 32.0 Å². The molecule has 0 atom stereocenters. The highest BCUT2D eigenvalue weighted by Crippen LogP contribution is 2.18. The Hall–Kier alpha value is -2.27. The van der Waals surface area contributed by atoms with Crippen molar-refractivity contribution in [2.75, 3.05) is 5.32 Å². The van der Waals surface area contributed by atoms with Crippen LogP contribution < -0.4 is 11.1 Å². The summed E-state index contributed by atoms with van der Waals surface area (Å²) in [5, 5.41) is 2.85. The maximum Gasteiger partial charge on any atom is 0.274 e. The molecular weight excluding hydrogens is 270 g/mol. The van der Waals surface area contributed by atoms with Gasteiger partial charge in [0.1, 0.15) is 10.7 Å². The Morgan fingerprint density at radius 3 is 2.60 bits per heavy atom. The monoisotopic (exact) mass is 285 g/mol. The van der Waals surface area contributed by atoms with Crippen molar-refractivity contribution in [3.63, 3.8) is 0 Å². The fourth-order valence-corrected chi connectivity index (χ4v) is 1.87. The van der Waals surface area contributed by atoms with Gasteiger partial charge in [-0.2, -0.15) is 0 Å². The lowest BCUT2D eigenvalue weighted by Crippen LogP contribution is -2.16. The van der Waals surface area contributed by atoms with Gasteiger partial charge in [0.15, 0.2) is 0 Å². The van der Waals surface area contributed by atoms with Crippen LogP contribution in [0.5, 0.6) is 0 Å². The Morgan fingerprint density at radius 2 is 2.00 bits per heavy atom. The van der Waals surface area contributed by atoms with Crippen LogP contribution in [0.4, 0.5) is 5.69 Å². The lowest BCUT2D eigenvalue weighted by Gasteiger charge is -2.10. The Kier molecular flexibility index (Phi) is 4.10. The van der Waals surface area contributed by atoms with E-state index in [4.69, 9.17) is 18.0 Å². The molecule has 1 heterocycles. The summed E-state index contributed by atoms with van der Waals surface area (Å²) < 4.78 is 0. The van der Waals surface area contributed by atoms with Gasteiger partial charge < -0.3 is 11.1 Å². The van der Waals surface area contributed by atoms with E-state index in [-0.39, 0.29) is 10.9 Å². The lowest BCUT2D eigenvalue weighted by molar-refractivity contribution is 0.102. The molecule has 3 N–H and O–H groups in total. The second-order valence-electron chi connectivity index (χ2n) is 4.50. The van der Waals surface area contributed by atoms with Crippen molar-refractivity contribution < 1.29 is 4.79 Å². The molecule has 0 radical (unpaired) electrons. The van der Waals surface area contributed by atoms with Crippen LogP contribution in [0.2, 0.25) is 0 Å². The van der Waals surface area contributed by atoms with Crippen molar-refractivity contribution in [1.82, 2.24) is 4.98 Å². The molecule has 2 rings (SSSR count). The minimum Gasteiger partial charge on any atom is -0.389 e. The molecule has 1 aromatic carbocycles. The quantitative estimate of drug-likeness (QED) is 0.851. The fourth-order valence-electron chi connectivity index (χ4n) is 1.75. The number of nitrogens with one attached hydrogen (secondary N) is 1. The Labute approximate surface area is 123 Å². The second-order valence-corrected chi connectivity index (χ2v) is 4.94. The number of pyridine rings is 1. The first kappa shape index (κ1) is 14.1. The summed E-state index contributed by atoms with van der Waals surface area (Å²) in [6.07, 6.45) is 1.50. The molecule has 0 saturated carbocycles. The van der Waals surface area contributed by atoms with Crippen molar-refractivity contribution in [3.8, 4) is 0 Å². The SMILES string of the molecule is Cc1cccc(NC(=O)c2ccc(C(N)=S)cn2)c1C. The number of carbonyl (C=O) groups is 1. The zero-order valence-corrected chi connectivity index (χ0v) is 12.1. The first-order chi connectivity index (χ1) is 9.49. The molecule has 4 nitrogen and oxygen atoms in total. The van der Waals surface area contributed by atoms with Crippen molar-refractivity contribution in [2.24, 2.45) is 5.73 Å². The molecule has 0 fully saturated rings. The topological polar surface area (TPSA) is 68.0 Å². The first-order valence-corrected chi connectivity index (χ1v) is 6.53. The highest BCUT2D eigenvalue weighted by atomic mass is 32.1. The van der Waals surface area contributed by atoms with E-state index < -0.39 is 0 Å². The van der Waals surface area contributed by atoms with Crippen molar-refractivity contribution >= 4 is 28.8 Å². The molecule has 1 aromatic heterocycles. The van der Waals surface area contributed by atoms with Crippen LogP contribution in [0.15, 0.2) is 36.5 Å². The predicted octanol–water partition coefficient (Wildman–Crippen LogP) is 2.58. The molecular formula is C15H15N3OS. The number of nitrogens with zero attached hydrogens (tertiary/aromatic N) is 1. The van der Waals surface area contributed by atoms with Crippen molar-refractivity contribution in [1.29, 1.82) is 0 Å². The summed E-state index contributed by atoms with van der Waals surface area (Å²) in [6.45, 7) is 3.97. The predicted molar refractivity (Wildman–Crippen MR) is 84.0 cm³/mol. The van der Waals surface area contributed by atoms with Gasteiger partial charge in [0, 0.05) is 17.4 Å². The fraction of sp³-hybridized carbons (Fsp3) is 0.133. The Morgan fingerprint density at radius 1 is 1.25 bits per heavy atom. The van der Waals surface area contributed by atoms with Gasteiger partial charge in [-0.15, -0.1) is 0 Å². The third-order valence-electron chi connectivity index (χ3n) is 3.13. The van der Waals surface area contributed by atoms with Crippen LogP contribution in [0.1, 0.15) is 27.2 Å². The molecule has 0 aliphatic carbocycles. The number of aryl methyl sites for hydroxylation is 1. The highest BCUT2D eigenvalue weighted by molar-refractivity contribution is 7.80. The van der Waals surface area contributed by atoms with Crippen LogP contribution in [-0.2, 0) is 0 Å². The molecule has 0 unspecified atom stereocenters. The van der Waals surface area contributed by atoms with Gasteiger partial charge in [-0.3, -0.25) is 9.78 Å². The van der Waals surface area contributed by atoms with E-state index in [1.165, 1.54) is 6.20 Å². The summed E-state index contributed by atoms with van der Waals surface area (Å²) in [7, 11) is 0. The summed E-state index contributed by atoms with van der Waals surface area (Å²) in [5.41, 5.74) is 9.41. The molecule has 1 amide bonds. The molecule has 102 valence electrons. The number of aromatic nitrogens is 1. The van der Waals surface area contributed by atoms with E-state index >= 15 is 0 Å². The minimum absolute atomic E-state index is 0.256. The van der Waals surface area contributed by atoms with Crippen LogP contribution in [0, 0.1) is 13.8 Å². The van der Waals surface area contributed by atoms with Gasteiger partial charge in [-0.05, 0) is 43.2 Å². The maximum absolute atomic E-state index is 12.1. The normalized spacial score (nSPS) is 10.1. The number of benzene rings is 1. The summed E-state index contributed by atoms with van der Waals surface area (Å²) in [5.74, 6) is -0.256. The Balaban J connectivity index is 2.20. The number of hydrogen-bond acceptors (Lipinski definition) is 3. The molecule has 0 saturated heterocycles. The molecule has 0 aliphatic heterocycles. The second kappa shape index (κ2) is 5.79. The van der Waals surface area contributed by atoms with E-state index in [0.717, 1.165) is 16.8 Å². The molecule has 2 aromatic rings. The Bertz CT molecular complexity index is 665. The van der Waals surface area contributed by atoms with Crippen LogP contribution in [0.3, 0.4) is 0 Å². The summed E-state index contributed by atoms with van der Waals surface area (Å²) in [4.78, 5) is 16.5. The van der Waals surface area contributed by atoms with Crippen LogP contribution in [-0.4, -0.2) is 15.9 Å². The number of carbonyl (C=O) groups excluding carboxylic acids is 1. The van der Waals surface area contributed by atoms with Gasteiger partial charge in [-0.25, -0.2) is 0 Å². The standard InChI is InChI=1S/C15H15N3OS/c1-9-4-3-5-12(10(9)2)18-15(19)13-7-6-11(8-17-13)14(16)20/h3-8H,1-2H3,(H2,16,20)(H,18,19). The minimum atomic E-state index is -0.256. The number of anilines is 1. The van der Waals surface area contributed by atoms with Gasteiger partial charge in [-0.1, -0.05) is 24.4 Å². The lowest BCUT2D eigenvalue weighted by atomic mass is 10.1. The largest absolute Gasteiger partial charge is 0.389 e. The number of nitrogens with two attached hydrogens (primary N) is 1. The van der Waals surface area contributed by atoms with Crippen molar-refractivity contribution in [2.45, 2.75) is 13.8 Å². The number of hydrogen-bond donors (Lipinski definition) is 2. The van der Waals surface area contributed by atoms with Gasteiger partial charge in [0.25, 0.3) is 5.91 Å². The first-order valence-electron chi connectivity index (χ1n) is 6.12.